The Hall–Kier alpha value is -2.82. The second kappa shape index (κ2) is 5.87. The van der Waals surface area contributed by atoms with E-state index >= 15 is 0 Å². The molecule has 1 fully saturated rings. The third kappa shape index (κ3) is 2.73. The maximum absolute atomic E-state index is 13.1. The van der Waals surface area contributed by atoms with Gasteiger partial charge in [-0.15, -0.1) is 0 Å². The molecule has 1 unspecified atom stereocenters. The predicted octanol–water partition coefficient (Wildman–Crippen LogP) is 4.34. The molecule has 134 valence electrons. The zero-order chi connectivity index (χ0) is 18.5. The van der Waals surface area contributed by atoms with Crippen LogP contribution in [0.5, 0.6) is 11.5 Å². The van der Waals surface area contributed by atoms with Crippen LogP contribution in [0.4, 0.5) is 11.4 Å². The van der Waals surface area contributed by atoms with Crippen LogP contribution in [0.2, 0.25) is 0 Å². The lowest BCUT2D eigenvalue weighted by Crippen LogP contribution is -2.42. The highest BCUT2D eigenvalue weighted by atomic mass is 16.3. The van der Waals surface area contributed by atoms with E-state index in [2.05, 4.69) is 19.2 Å². The first-order chi connectivity index (χ1) is 12.4. The number of nitrogens with zero attached hydrogens (tertiary/aromatic N) is 1. The third-order valence-corrected chi connectivity index (χ3v) is 5.21. The molecule has 0 amide bonds. The van der Waals surface area contributed by atoms with Crippen LogP contribution in [0.3, 0.4) is 0 Å². The molecule has 0 radical (unpaired) electrons. The summed E-state index contributed by atoms with van der Waals surface area (Å²) < 4.78 is 0. The van der Waals surface area contributed by atoms with Crippen LogP contribution >= 0.6 is 0 Å². The van der Waals surface area contributed by atoms with Crippen LogP contribution < -0.4 is 5.32 Å². The smallest absolute Gasteiger partial charge is 0.162 e. The number of aromatic hydroxyl groups is 2. The molecule has 1 heterocycles. The maximum atomic E-state index is 13.1. The fourth-order valence-corrected chi connectivity index (χ4v) is 4.07. The molecule has 1 saturated carbocycles. The van der Waals surface area contributed by atoms with Gasteiger partial charge in [0.1, 0.15) is 5.78 Å². The highest BCUT2D eigenvalue weighted by molar-refractivity contribution is 6.10. The van der Waals surface area contributed by atoms with Gasteiger partial charge in [-0.2, -0.15) is 0 Å². The van der Waals surface area contributed by atoms with Crippen LogP contribution in [0.1, 0.15) is 38.3 Å². The zero-order valence-electron chi connectivity index (χ0n) is 14.9. The molecular weight excluding hydrogens is 328 g/mol. The van der Waals surface area contributed by atoms with Gasteiger partial charge in [-0.1, -0.05) is 38.1 Å². The molecule has 1 aliphatic heterocycles. The Morgan fingerprint density at radius 3 is 2.65 bits per heavy atom. The minimum Gasteiger partial charge on any atom is -0.504 e. The van der Waals surface area contributed by atoms with Gasteiger partial charge < -0.3 is 15.5 Å². The Labute approximate surface area is 152 Å². The molecule has 26 heavy (non-hydrogen) atoms. The number of aliphatic imine (C=N–C) groups is 1. The Balaban J connectivity index is 1.90. The van der Waals surface area contributed by atoms with Crippen LogP contribution in [0.15, 0.2) is 47.5 Å². The number of hydrogen-bond donors (Lipinski definition) is 3. The van der Waals surface area contributed by atoms with Gasteiger partial charge >= 0.3 is 0 Å². The number of nitrogens with one attached hydrogen (secondary N) is 1. The van der Waals surface area contributed by atoms with Gasteiger partial charge in [-0.3, -0.25) is 9.79 Å². The van der Waals surface area contributed by atoms with Crippen molar-refractivity contribution < 1.29 is 15.0 Å². The van der Waals surface area contributed by atoms with E-state index in [1.807, 2.05) is 24.3 Å². The average Bonchev–Trinajstić information content (AvgIpc) is 2.72. The van der Waals surface area contributed by atoms with Crippen molar-refractivity contribution >= 4 is 22.9 Å². The average molecular weight is 350 g/mol. The van der Waals surface area contributed by atoms with Gasteiger partial charge in [-0.25, -0.2) is 0 Å². The van der Waals surface area contributed by atoms with Crippen LogP contribution in [0, 0.1) is 11.3 Å². The standard InChI is InChI=1S/C21H22N2O3/c1-21(2)10-15-18(17(25)11-21)19(12-6-5-9-16(24)20(12)26)23-14-8-4-3-7-13(14)22-15/h3-9,18-19,23-24,26H,10-11H2,1-2H3/t18?,19-/m0/s1. The van der Waals surface area contributed by atoms with E-state index in [0.717, 1.165) is 23.5 Å². The van der Waals surface area contributed by atoms with Crippen LogP contribution in [0.25, 0.3) is 0 Å². The van der Waals surface area contributed by atoms with E-state index in [0.29, 0.717) is 12.0 Å². The lowest BCUT2D eigenvalue weighted by atomic mass is 9.68. The number of Topliss-reactive ketones (excluding diaryl/α,β-unsaturated/α-hetero) is 1. The van der Waals surface area contributed by atoms with Gasteiger partial charge in [0.2, 0.25) is 0 Å². The molecule has 1 aliphatic carbocycles. The number of phenols is 2. The molecule has 2 aromatic carbocycles. The van der Waals surface area contributed by atoms with Crippen molar-refractivity contribution in [2.75, 3.05) is 5.32 Å². The molecular formula is C21H22N2O3. The number of benzene rings is 2. The van der Waals surface area contributed by atoms with E-state index in [1.165, 1.54) is 6.07 Å². The summed E-state index contributed by atoms with van der Waals surface area (Å²) in [6.45, 7) is 4.16. The SMILES string of the molecule is CC1(C)CC(=O)C2C(=Nc3ccccc3N[C@H]2c2cccc(O)c2O)C1. The van der Waals surface area contributed by atoms with Crippen molar-refractivity contribution in [1.29, 1.82) is 0 Å². The third-order valence-electron chi connectivity index (χ3n) is 5.21. The second-order valence-electron chi connectivity index (χ2n) is 7.92. The summed E-state index contributed by atoms with van der Waals surface area (Å²) in [5.41, 5.74) is 2.80. The molecule has 3 N–H and O–H groups in total. The van der Waals surface area contributed by atoms with Gasteiger partial charge in [0.25, 0.3) is 0 Å². The number of phenolic OH excluding ortho intramolecular Hbond substituents is 2. The summed E-state index contributed by atoms with van der Waals surface area (Å²) in [4.78, 5) is 17.9. The number of carbonyl (C=O) groups excluding carboxylic acids is 1. The van der Waals surface area contributed by atoms with E-state index < -0.39 is 12.0 Å². The molecule has 2 atom stereocenters. The monoisotopic (exact) mass is 350 g/mol. The van der Waals surface area contributed by atoms with Gasteiger partial charge in [0.15, 0.2) is 11.5 Å². The Bertz CT molecular complexity index is 917. The number of rotatable bonds is 1. The fraction of sp³-hybridized carbons (Fsp3) is 0.333. The van der Waals surface area contributed by atoms with E-state index in [4.69, 9.17) is 4.99 Å². The summed E-state index contributed by atoms with van der Waals surface area (Å²) in [5, 5.41) is 23.8. The van der Waals surface area contributed by atoms with Gasteiger partial charge in [0.05, 0.1) is 23.3 Å². The van der Waals surface area contributed by atoms with E-state index in [9.17, 15) is 15.0 Å². The Kier molecular flexibility index (Phi) is 3.75. The second-order valence-corrected chi connectivity index (χ2v) is 7.92. The van der Waals surface area contributed by atoms with Crippen LogP contribution in [-0.2, 0) is 4.79 Å². The zero-order valence-corrected chi connectivity index (χ0v) is 14.9. The number of hydrogen-bond acceptors (Lipinski definition) is 5. The first-order valence-electron chi connectivity index (χ1n) is 8.82. The topological polar surface area (TPSA) is 81.9 Å². The number of anilines is 1. The minimum absolute atomic E-state index is 0.105. The molecule has 0 bridgehead atoms. The first-order valence-corrected chi connectivity index (χ1v) is 8.82. The summed E-state index contributed by atoms with van der Waals surface area (Å²) >= 11 is 0. The molecule has 4 rings (SSSR count). The van der Waals surface area contributed by atoms with E-state index in [1.54, 1.807) is 12.1 Å². The van der Waals surface area contributed by atoms with Crippen molar-refractivity contribution in [2.45, 2.75) is 32.7 Å². The highest BCUT2D eigenvalue weighted by Gasteiger charge is 2.44. The highest BCUT2D eigenvalue weighted by Crippen LogP contribution is 2.47. The number of fused-ring (bicyclic) bond motifs is 2. The number of carbonyl (C=O) groups is 1. The molecule has 0 saturated heterocycles. The maximum Gasteiger partial charge on any atom is 0.162 e. The summed E-state index contributed by atoms with van der Waals surface area (Å²) in [6, 6.07) is 12.0. The van der Waals surface area contributed by atoms with Crippen molar-refractivity contribution in [3.8, 4) is 11.5 Å². The Morgan fingerprint density at radius 2 is 1.85 bits per heavy atom. The molecule has 0 spiro atoms. The normalized spacial score (nSPS) is 23.9. The van der Waals surface area contributed by atoms with Gasteiger partial charge in [0, 0.05) is 17.7 Å². The molecule has 5 heteroatoms. The summed E-state index contributed by atoms with van der Waals surface area (Å²) in [7, 11) is 0. The summed E-state index contributed by atoms with van der Waals surface area (Å²) in [5.74, 6) is -0.749. The summed E-state index contributed by atoms with van der Waals surface area (Å²) in [6.07, 6.45) is 1.18. The molecule has 2 aliphatic rings. The molecule has 5 nitrogen and oxygen atoms in total. The number of ketones is 1. The lowest BCUT2D eigenvalue weighted by molar-refractivity contribution is -0.124. The molecule has 2 aromatic rings. The number of para-hydroxylation sites is 3. The fourth-order valence-electron chi connectivity index (χ4n) is 4.07. The first kappa shape index (κ1) is 16.6. The van der Waals surface area contributed by atoms with Crippen molar-refractivity contribution in [3.05, 3.63) is 48.0 Å². The lowest BCUT2D eigenvalue weighted by Gasteiger charge is -2.37. The van der Waals surface area contributed by atoms with Crippen LogP contribution in [-0.4, -0.2) is 21.7 Å². The van der Waals surface area contributed by atoms with E-state index in [-0.39, 0.29) is 22.7 Å². The van der Waals surface area contributed by atoms with Gasteiger partial charge in [-0.05, 0) is 30.0 Å². The Morgan fingerprint density at radius 1 is 1.08 bits per heavy atom. The van der Waals surface area contributed by atoms with Crippen molar-refractivity contribution in [2.24, 2.45) is 16.3 Å². The quantitative estimate of drug-likeness (QED) is 0.668. The predicted molar refractivity (Wildman–Crippen MR) is 101 cm³/mol. The van der Waals surface area contributed by atoms with Crippen molar-refractivity contribution in [1.82, 2.24) is 0 Å². The van der Waals surface area contributed by atoms with Crippen molar-refractivity contribution in [3.63, 3.8) is 0 Å². The molecule has 0 aromatic heterocycles. The largest absolute Gasteiger partial charge is 0.504 e. The minimum atomic E-state index is -0.479.